The van der Waals surface area contributed by atoms with Crippen LogP contribution in [0.1, 0.15) is 22.8 Å². The Hall–Kier alpha value is -1.32. The minimum atomic E-state index is -3.34. The lowest BCUT2D eigenvalue weighted by atomic mass is 10.1. The molecule has 0 aromatic heterocycles. The molecule has 128 valence electrons. The number of aryl methyl sites for hydroxylation is 1. The Morgan fingerprint density at radius 1 is 1.21 bits per heavy atom. The zero-order chi connectivity index (χ0) is 17.9. The van der Waals surface area contributed by atoms with E-state index in [4.69, 9.17) is 11.6 Å². The number of rotatable bonds is 5. The van der Waals surface area contributed by atoms with Crippen LogP contribution in [0.3, 0.4) is 0 Å². The molecule has 2 aromatic carbocycles. The van der Waals surface area contributed by atoms with Crippen LogP contribution < -0.4 is 10.0 Å². The highest BCUT2D eigenvalue weighted by Crippen LogP contribution is 2.23. The van der Waals surface area contributed by atoms with Gasteiger partial charge in [-0.3, -0.25) is 9.52 Å². The Morgan fingerprint density at radius 3 is 2.54 bits per heavy atom. The van der Waals surface area contributed by atoms with Crippen molar-refractivity contribution in [3.63, 3.8) is 0 Å². The molecule has 2 aromatic rings. The first-order valence-electron chi connectivity index (χ1n) is 7.09. The number of hydrogen-bond donors (Lipinski definition) is 2. The summed E-state index contributed by atoms with van der Waals surface area (Å²) < 4.78 is 26.6. The Bertz CT molecular complexity index is 885. The van der Waals surface area contributed by atoms with Crippen LogP contribution in [0, 0.1) is 10.5 Å². The second kappa shape index (κ2) is 7.71. The lowest BCUT2D eigenvalue weighted by molar-refractivity contribution is 0.102. The Kier molecular flexibility index (Phi) is 6.11. The number of sulfonamides is 1. The molecule has 0 aliphatic carbocycles. The van der Waals surface area contributed by atoms with Gasteiger partial charge in [0.25, 0.3) is 5.91 Å². The summed E-state index contributed by atoms with van der Waals surface area (Å²) in [5.74, 6) is -0.277. The molecular weight excluding hydrogens is 463 g/mol. The first-order valence-corrected chi connectivity index (χ1v) is 10.2. The number of nitrogens with one attached hydrogen (secondary N) is 2. The lowest BCUT2D eigenvalue weighted by Crippen LogP contribution is -2.16. The highest BCUT2D eigenvalue weighted by molar-refractivity contribution is 14.1. The molecule has 24 heavy (non-hydrogen) atoms. The van der Waals surface area contributed by atoms with Gasteiger partial charge < -0.3 is 5.32 Å². The molecule has 0 radical (unpaired) electrons. The molecule has 0 saturated heterocycles. The molecule has 2 rings (SSSR count). The molecule has 0 unspecified atom stereocenters. The van der Waals surface area contributed by atoms with Crippen molar-refractivity contribution in [2.24, 2.45) is 0 Å². The van der Waals surface area contributed by atoms with Gasteiger partial charge in [-0.1, -0.05) is 11.6 Å². The third kappa shape index (κ3) is 4.84. The molecule has 0 atom stereocenters. The number of halogens is 2. The van der Waals surface area contributed by atoms with E-state index in [1.807, 2.05) is 0 Å². The minimum Gasteiger partial charge on any atom is -0.322 e. The van der Waals surface area contributed by atoms with Gasteiger partial charge in [0.1, 0.15) is 0 Å². The van der Waals surface area contributed by atoms with Gasteiger partial charge in [-0.2, -0.15) is 0 Å². The molecule has 0 aliphatic rings. The largest absolute Gasteiger partial charge is 0.322 e. The van der Waals surface area contributed by atoms with Crippen LogP contribution in [-0.2, 0) is 10.0 Å². The highest BCUT2D eigenvalue weighted by atomic mass is 127. The average molecular weight is 479 g/mol. The van der Waals surface area contributed by atoms with Gasteiger partial charge >= 0.3 is 0 Å². The highest BCUT2D eigenvalue weighted by Gasteiger charge is 2.13. The van der Waals surface area contributed by atoms with Gasteiger partial charge in [0.05, 0.1) is 17.0 Å². The average Bonchev–Trinajstić information content (AvgIpc) is 2.52. The summed E-state index contributed by atoms with van der Waals surface area (Å²) in [5, 5.41) is 3.28. The van der Waals surface area contributed by atoms with Gasteiger partial charge in [-0.25, -0.2) is 8.42 Å². The molecule has 8 heteroatoms. The van der Waals surface area contributed by atoms with E-state index in [9.17, 15) is 13.2 Å². The fraction of sp³-hybridized carbons (Fsp3) is 0.188. The fourth-order valence-corrected chi connectivity index (χ4v) is 3.43. The minimum absolute atomic E-state index is 0.00185. The lowest BCUT2D eigenvalue weighted by Gasteiger charge is -2.12. The van der Waals surface area contributed by atoms with Crippen molar-refractivity contribution < 1.29 is 13.2 Å². The molecule has 0 saturated carbocycles. The predicted octanol–water partition coefficient (Wildman–Crippen LogP) is 4.27. The van der Waals surface area contributed by atoms with Gasteiger partial charge in [0.15, 0.2) is 0 Å². The summed E-state index contributed by atoms with van der Waals surface area (Å²) >= 11 is 8.01. The van der Waals surface area contributed by atoms with Crippen molar-refractivity contribution in [2.75, 3.05) is 15.8 Å². The number of carbonyl (C=O) groups is 1. The number of amides is 1. The van der Waals surface area contributed by atoms with E-state index < -0.39 is 10.0 Å². The Labute approximate surface area is 160 Å². The summed E-state index contributed by atoms with van der Waals surface area (Å²) in [4.78, 5) is 12.4. The summed E-state index contributed by atoms with van der Waals surface area (Å²) in [6.45, 7) is 3.34. The molecular formula is C16H16ClIN2O3S. The van der Waals surface area contributed by atoms with E-state index >= 15 is 0 Å². The van der Waals surface area contributed by atoms with Crippen molar-refractivity contribution >= 4 is 61.5 Å². The third-order valence-electron chi connectivity index (χ3n) is 3.30. The van der Waals surface area contributed by atoms with E-state index in [1.54, 1.807) is 50.2 Å². The second-order valence-electron chi connectivity index (χ2n) is 5.11. The predicted molar refractivity (Wildman–Crippen MR) is 106 cm³/mol. The van der Waals surface area contributed by atoms with Crippen LogP contribution in [0.15, 0.2) is 36.4 Å². The summed E-state index contributed by atoms with van der Waals surface area (Å²) in [6, 6.07) is 10.1. The van der Waals surface area contributed by atoms with Crippen LogP contribution in [0.4, 0.5) is 11.4 Å². The van der Waals surface area contributed by atoms with Crippen LogP contribution in [0.5, 0.6) is 0 Å². The number of anilines is 2. The van der Waals surface area contributed by atoms with Crippen LogP contribution in [0.25, 0.3) is 0 Å². The summed E-state index contributed by atoms with van der Waals surface area (Å²) in [7, 11) is -3.34. The van der Waals surface area contributed by atoms with E-state index in [0.717, 1.165) is 3.57 Å². The molecule has 0 spiro atoms. The van der Waals surface area contributed by atoms with Crippen molar-refractivity contribution in [1.29, 1.82) is 0 Å². The molecule has 1 amide bonds. The van der Waals surface area contributed by atoms with Gasteiger partial charge in [-0.05, 0) is 78.4 Å². The standard InChI is InChI=1S/C16H16ClIN2O3S/c1-3-24(22,23)20-15-7-5-12(8-10(15)2)19-16(21)13-9-11(17)4-6-14(13)18/h4-9,20H,3H2,1-2H3,(H,19,21). The molecule has 0 bridgehead atoms. The van der Waals surface area contributed by atoms with E-state index in [2.05, 4.69) is 32.6 Å². The molecule has 0 heterocycles. The Balaban J connectivity index is 2.20. The van der Waals surface area contributed by atoms with E-state index in [1.165, 1.54) is 0 Å². The normalized spacial score (nSPS) is 11.2. The van der Waals surface area contributed by atoms with Crippen LogP contribution in [-0.4, -0.2) is 20.1 Å². The maximum Gasteiger partial charge on any atom is 0.256 e. The fourth-order valence-electron chi connectivity index (χ4n) is 1.97. The maximum absolute atomic E-state index is 12.4. The van der Waals surface area contributed by atoms with E-state index in [0.29, 0.717) is 27.5 Å². The topological polar surface area (TPSA) is 75.3 Å². The van der Waals surface area contributed by atoms with E-state index in [-0.39, 0.29) is 11.7 Å². The molecule has 0 fully saturated rings. The summed E-state index contributed by atoms with van der Waals surface area (Å²) in [6.07, 6.45) is 0. The second-order valence-corrected chi connectivity index (χ2v) is 8.72. The zero-order valence-corrected chi connectivity index (χ0v) is 16.8. The quantitative estimate of drug-likeness (QED) is 0.630. The van der Waals surface area contributed by atoms with Crippen molar-refractivity contribution in [3.05, 3.63) is 56.1 Å². The van der Waals surface area contributed by atoms with Gasteiger partial charge in [0, 0.05) is 14.3 Å². The molecule has 2 N–H and O–H groups in total. The van der Waals surface area contributed by atoms with Crippen LogP contribution >= 0.6 is 34.2 Å². The monoisotopic (exact) mass is 478 g/mol. The van der Waals surface area contributed by atoms with Crippen LogP contribution in [0.2, 0.25) is 5.02 Å². The van der Waals surface area contributed by atoms with Gasteiger partial charge in [-0.15, -0.1) is 0 Å². The maximum atomic E-state index is 12.4. The number of carbonyl (C=O) groups excluding carboxylic acids is 1. The van der Waals surface area contributed by atoms with Gasteiger partial charge in [0.2, 0.25) is 10.0 Å². The number of benzene rings is 2. The van der Waals surface area contributed by atoms with Crippen molar-refractivity contribution in [2.45, 2.75) is 13.8 Å². The molecule has 5 nitrogen and oxygen atoms in total. The molecule has 0 aliphatic heterocycles. The first kappa shape index (κ1) is 19.0. The summed E-state index contributed by atoms with van der Waals surface area (Å²) in [5.41, 5.74) is 2.27. The third-order valence-corrected chi connectivity index (χ3v) is 5.77. The smallest absolute Gasteiger partial charge is 0.256 e. The van der Waals surface area contributed by atoms with Crippen molar-refractivity contribution in [3.8, 4) is 0 Å². The zero-order valence-electron chi connectivity index (χ0n) is 13.1. The Morgan fingerprint density at radius 2 is 1.92 bits per heavy atom. The number of hydrogen-bond acceptors (Lipinski definition) is 3. The van der Waals surface area contributed by atoms with Crippen molar-refractivity contribution in [1.82, 2.24) is 0 Å². The SMILES string of the molecule is CCS(=O)(=O)Nc1ccc(NC(=O)c2cc(Cl)ccc2I)cc1C. The first-order chi connectivity index (χ1) is 11.2.